The van der Waals surface area contributed by atoms with Crippen molar-refractivity contribution in [3.63, 3.8) is 0 Å². The fourth-order valence-corrected chi connectivity index (χ4v) is 3.61. The molecule has 0 saturated carbocycles. The maximum absolute atomic E-state index is 6.11. The first-order valence-electron chi connectivity index (χ1n) is 8.94. The zero-order valence-electron chi connectivity index (χ0n) is 15.0. The molecule has 0 amide bonds. The maximum atomic E-state index is 6.11. The molecular formula is C21H24N4O. The second-order valence-electron chi connectivity index (χ2n) is 6.81. The number of hydrogen-bond acceptors (Lipinski definition) is 4. The highest BCUT2D eigenvalue weighted by atomic mass is 16.5. The van der Waals surface area contributed by atoms with Gasteiger partial charge in [0.2, 0.25) is 0 Å². The van der Waals surface area contributed by atoms with E-state index >= 15 is 0 Å². The van der Waals surface area contributed by atoms with Crippen molar-refractivity contribution in [2.45, 2.75) is 25.7 Å². The first-order chi connectivity index (χ1) is 12.7. The predicted molar refractivity (Wildman–Crippen MR) is 101 cm³/mol. The zero-order valence-corrected chi connectivity index (χ0v) is 15.0. The van der Waals surface area contributed by atoms with Gasteiger partial charge in [-0.25, -0.2) is 0 Å². The largest absolute Gasteiger partial charge is 0.489 e. The van der Waals surface area contributed by atoms with Crippen molar-refractivity contribution in [2.24, 2.45) is 12.8 Å². The molecule has 26 heavy (non-hydrogen) atoms. The van der Waals surface area contributed by atoms with E-state index in [0.29, 0.717) is 13.2 Å². The van der Waals surface area contributed by atoms with E-state index in [9.17, 15) is 0 Å². The van der Waals surface area contributed by atoms with Crippen molar-refractivity contribution in [2.75, 3.05) is 6.54 Å². The Kier molecular flexibility index (Phi) is 4.73. The van der Waals surface area contributed by atoms with E-state index in [4.69, 9.17) is 10.5 Å². The highest BCUT2D eigenvalue weighted by molar-refractivity contribution is 5.41. The van der Waals surface area contributed by atoms with Crippen LogP contribution in [0.1, 0.15) is 28.3 Å². The SMILES string of the molecule is Cn1cc(CN2Cc3ccc(OCc4ccccc4)cc3C2CN)cn1. The molecule has 4 rings (SSSR count). The Bertz CT molecular complexity index is 875. The summed E-state index contributed by atoms with van der Waals surface area (Å²) in [5.41, 5.74) is 11.1. The standard InChI is InChI=1S/C21H24N4O/c1-24-12-17(11-23-24)13-25-14-18-7-8-19(9-20(18)21(25)10-22)26-15-16-5-3-2-4-6-16/h2-9,11-12,21H,10,13-15,22H2,1H3. The molecule has 0 saturated heterocycles. The highest BCUT2D eigenvalue weighted by Crippen LogP contribution is 2.36. The monoisotopic (exact) mass is 348 g/mol. The lowest BCUT2D eigenvalue weighted by atomic mass is 10.0. The Balaban J connectivity index is 1.48. The Morgan fingerprint density at radius 2 is 2.00 bits per heavy atom. The predicted octanol–water partition coefficient (Wildman–Crippen LogP) is 3.01. The van der Waals surface area contributed by atoms with Gasteiger partial charge in [0, 0.05) is 44.5 Å². The van der Waals surface area contributed by atoms with Crippen LogP contribution in [0.2, 0.25) is 0 Å². The van der Waals surface area contributed by atoms with Crippen LogP contribution in [0.5, 0.6) is 5.75 Å². The van der Waals surface area contributed by atoms with Crippen molar-refractivity contribution in [3.05, 3.63) is 83.2 Å². The summed E-state index contributed by atoms with van der Waals surface area (Å²) in [7, 11) is 1.94. The number of nitrogens with zero attached hydrogens (tertiary/aromatic N) is 3. The molecular weight excluding hydrogens is 324 g/mol. The number of rotatable bonds is 6. The molecule has 0 bridgehead atoms. The average molecular weight is 348 g/mol. The fraction of sp³-hybridized carbons (Fsp3) is 0.286. The number of ether oxygens (including phenoxy) is 1. The van der Waals surface area contributed by atoms with Crippen LogP contribution in [0.3, 0.4) is 0 Å². The highest BCUT2D eigenvalue weighted by Gasteiger charge is 2.29. The van der Waals surface area contributed by atoms with Gasteiger partial charge in [0.05, 0.1) is 6.20 Å². The van der Waals surface area contributed by atoms with E-state index in [1.54, 1.807) is 0 Å². The molecule has 1 aliphatic rings. The number of fused-ring (bicyclic) bond motifs is 1. The van der Waals surface area contributed by atoms with Gasteiger partial charge in [-0.2, -0.15) is 5.10 Å². The minimum Gasteiger partial charge on any atom is -0.489 e. The van der Waals surface area contributed by atoms with Crippen LogP contribution in [0.4, 0.5) is 0 Å². The third-order valence-corrected chi connectivity index (χ3v) is 4.91. The Morgan fingerprint density at radius 3 is 2.73 bits per heavy atom. The zero-order chi connectivity index (χ0) is 17.9. The number of aromatic nitrogens is 2. The first kappa shape index (κ1) is 16.8. The van der Waals surface area contributed by atoms with E-state index in [1.807, 2.05) is 36.1 Å². The summed E-state index contributed by atoms with van der Waals surface area (Å²) in [5, 5.41) is 4.26. The lowest BCUT2D eigenvalue weighted by Gasteiger charge is -2.23. The molecule has 0 fully saturated rings. The molecule has 5 nitrogen and oxygen atoms in total. The Morgan fingerprint density at radius 1 is 1.15 bits per heavy atom. The van der Waals surface area contributed by atoms with E-state index in [1.165, 1.54) is 22.3 Å². The summed E-state index contributed by atoms with van der Waals surface area (Å²) in [6, 6.07) is 16.8. The lowest BCUT2D eigenvalue weighted by Crippen LogP contribution is -2.27. The van der Waals surface area contributed by atoms with Crippen LogP contribution < -0.4 is 10.5 Å². The van der Waals surface area contributed by atoms with Crippen LogP contribution in [-0.2, 0) is 26.7 Å². The molecule has 134 valence electrons. The molecule has 3 aromatic rings. The van der Waals surface area contributed by atoms with Gasteiger partial charge in [-0.3, -0.25) is 9.58 Å². The van der Waals surface area contributed by atoms with E-state index in [-0.39, 0.29) is 6.04 Å². The van der Waals surface area contributed by atoms with Gasteiger partial charge in [-0.15, -0.1) is 0 Å². The Labute approximate surface area is 154 Å². The van der Waals surface area contributed by atoms with Crippen LogP contribution in [0, 0.1) is 0 Å². The molecule has 2 N–H and O–H groups in total. The summed E-state index contributed by atoms with van der Waals surface area (Å²) in [5.74, 6) is 0.897. The minimum absolute atomic E-state index is 0.213. The molecule has 5 heteroatoms. The fourth-order valence-electron chi connectivity index (χ4n) is 3.61. The van der Waals surface area contributed by atoms with Crippen LogP contribution in [-0.4, -0.2) is 21.2 Å². The topological polar surface area (TPSA) is 56.3 Å². The summed E-state index contributed by atoms with van der Waals surface area (Å²) in [6.07, 6.45) is 3.98. The van der Waals surface area contributed by atoms with Crippen molar-refractivity contribution >= 4 is 0 Å². The molecule has 0 radical (unpaired) electrons. The molecule has 0 aliphatic carbocycles. The second-order valence-corrected chi connectivity index (χ2v) is 6.81. The maximum Gasteiger partial charge on any atom is 0.120 e. The summed E-state index contributed by atoms with van der Waals surface area (Å²) in [4.78, 5) is 2.41. The van der Waals surface area contributed by atoms with Crippen molar-refractivity contribution < 1.29 is 4.74 Å². The molecule has 1 unspecified atom stereocenters. The van der Waals surface area contributed by atoms with Gasteiger partial charge in [0.1, 0.15) is 12.4 Å². The molecule has 1 aromatic heterocycles. The minimum atomic E-state index is 0.213. The van der Waals surface area contributed by atoms with Crippen LogP contribution in [0.15, 0.2) is 60.9 Å². The van der Waals surface area contributed by atoms with Gasteiger partial charge in [0.25, 0.3) is 0 Å². The van der Waals surface area contributed by atoms with Crippen molar-refractivity contribution in [1.82, 2.24) is 14.7 Å². The third-order valence-electron chi connectivity index (χ3n) is 4.91. The number of nitrogens with two attached hydrogens (primary N) is 1. The third kappa shape index (κ3) is 3.49. The normalized spacial score (nSPS) is 16.6. The Hall–Kier alpha value is -2.63. The molecule has 0 spiro atoms. The molecule has 2 aromatic carbocycles. The summed E-state index contributed by atoms with van der Waals surface area (Å²) >= 11 is 0. The lowest BCUT2D eigenvalue weighted by molar-refractivity contribution is 0.210. The molecule has 1 atom stereocenters. The number of benzene rings is 2. The smallest absolute Gasteiger partial charge is 0.120 e. The summed E-state index contributed by atoms with van der Waals surface area (Å²) in [6.45, 7) is 2.93. The van der Waals surface area contributed by atoms with Gasteiger partial charge in [-0.05, 0) is 28.8 Å². The number of hydrogen-bond donors (Lipinski definition) is 1. The van der Waals surface area contributed by atoms with E-state index < -0.39 is 0 Å². The van der Waals surface area contributed by atoms with Gasteiger partial charge in [0.15, 0.2) is 0 Å². The van der Waals surface area contributed by atoms with Crippen LogP contribution >= 0.6 is 0 Å². The van der Waals surface area contributed by atoms with E-state index in [2.05, 4.69) is 46.5 Å². The van der Waals surface area contributed by atoms with E-state index in [0.717, 1.165) is 18.8 Å². The first-order valence-corrected chi connectivity index (χ1v) is 8.94. The van der Waals surface area contributed by atoms with Crippen molar-refractivity contribution in [3.8, 4) is 5.75 Å². The van der Waals surface area contributed by atoms with Gasteiger partial charge < -0.3 is 10.5 Å². The molecule has 2 heterocycles. The van der Waals surface area contributed by atoms with Crippen LogP contribution in [0.25, 0.3) is 0 Å². The van der Waals surface area contributed by atoms with Gasteiger partial charge >= 0.3 is 0 Å². The number of aryl methyl sites for hydroxylation is 1. The molecule has 1 aliphatic heterocycles. The average Bonchev–Trinajstić information content (AvgIpc) is 3.23. The quantitative estimate of drug-likeness (QED) is 0.744. The second kappa shape index (κ2) is 7.32. The van der Waals surface area contributed by atoms with Crippen molar-refractivity contribution in [1.29, 1.82) is 0 Å². The van der Waals surface area contributed by atoms with Gasteiger partial charge in [-0.1, -0.05) is 36.4 Å². The summed E-state index contributed by atoms with van der Waals surface area (Å²) < 4.78 is 7.83.